The summed E-state index contributed by atoms with van der Waals surface area (Å²) in [6.07, 6.45) is 3.79. The van der Waals surface area contributed by atoms with Crippen LogP contribution in [0.5, 0.6) is 11.5 Å². The first-order valence-electron chi connectivity index (χ1n) is 8.89. The summed E-state index contributed by atoms with van der Waals surface area (Å²) in [5, 5.41) is 10.1. The van der Waals surface area contributed by atoms with E-state index in [0.29, 0.717) is 19.3 Å². The van der Waals surface area contributed by atoms with Crippen LogP contribution in [0.2, 0.25) is 0 Å². The van der Waals surface area contributed by atoms with Gasteiger partial charge in [0.25, 0.3) is 0 Å². The van der Waals surface area contributed by atoms with Gasteiger partial charge >= 0.3 is 0 Å². The molecule has 1 saturated carbocycles. The number of hydrogen-bond donors (Lipinski definition) is 1. The smallest absolute Gasteiger partial charge is 0.161 e. The van der Waals surface area contributed by atoms with E-state index in [4.69, 9.17) is 9.47 Å². The first kappa shape index (κ1) is 16.6. The molecule has 4 heteroatoms. The molecule has 23 heavy (non-hydrogen) atoms. The second-order valence-electron chi connectivity index (χ2n) is 6.86. The molecule has 0 unspecified atom stereocenters. The van der Waals surface area contributed by atoms with Crippen LogP contribution >= 0.6 is 0 Å². The molecule has 1 N–H and O–H groups in total. The number of likely N-dealkylation sites (N-methyl/N-ethyl adjacent to an activating group) is 1. The van der Waals surface area contributed by atoms with Crippen molar-refractivity contribution in [2.45, 2.75) is 57.1 Å². The van der Waals surface area contributed by atoms with Gasteiger partial charge in [-0.15, -0.1) is 0 Å². The highest BCUT2D eigenvalue weighted by molar-refractivity contribution is 5.46. The Labute approximate surface area is 139 Å². The van der Waals surface area contributed by atoms with E-state index in [9.17, 15) is 5.11 Å². The fourth-order valence-corrected chi connectivity index (χ4v) is 4.46. The normalized spacial score (nSPS) is 31.0. The second kappa shape index (κ2) is 6.70. The molecule has 2 fully saturated rings. The van der Waals surface area contributed by atoms with Gasteiger partial charge in [0, 0.05) is 11.5 Å². The average Bonchev–Trinajstić information content (AvgIpc) is 2.88. The van der Waals surface area contributed by atoms with Gasteiger partial charge in [0.05, 0.1) is 19.3 Å². The topological polar surface area (TPSA) is 41.9 Å². The number of fused-ring (bicyclic) bond motifs is 1. The minimum absolute atomic E-state index is 0.143. The lowest BCUT2D eigenvalue weighted by Gasteiger charge is -2.43. The predicted molar refractivity (Wildman–Crippen MR) is 91.4 cm³/mol. The first-order valence-corrected chi connectivity index (χ1v) is 8.89. The molecule has 0 amide bonds. The summed E-state index contributed by atoms with van der Waals surface area (Å²) in [4.78, 5) is 2.42. The molecule has 1 aliphatic carbocycles. The van der Waals surface area contributed by atoms with E-state index in [1.54, 1.807) is 0 Å². The van der Waals surface area contributed by atoms with Crippen molar-refractivity contribution in [1.82, 2.24) is 4.90 Å². The Morgan fingerprint density at radius 2 is 1.91 bits per heavy atom. The van der Waals surface area contributed by atoms with Crippen LogP contribution in [0.4, 0.5) is 0 Å². The number of benzene rings is 1. The van der Waals surface area contributed by atoms with Crippen molar-refractivity contribution < 1.29 is 14.6 Å². The van der Waals surface area contributed by atoms with Crippen LogP contribution in [-0.2, 0) is 5.41 Å². The number of aliphatic hydroxyl groups excluding tert-OH is 1. The zero-order valence-electron chi connectivity index (χ0n) is 14.5. The Bertz CT molecular complexity index is 547. The number of ether oxygens (including phenoxy) is 2. The standard InChI is InChI=1S/C19H29NO3/c1-4-22-16-7-6-14(12-17(16)23-5-2)19-9-8-15(21)13-18(19)20(3)11-10-19/h6-7,12,15,18,21H,4-5,8-11,13H2,1-3H3/t15-,18-,19-/m0/s1. The maximum Gasteiger partial charge on any atom is 0.161 e. The maximum absolute atomic E-state index is 10.1. The third-order valence-electron chi connectivity index (χ3n) is 5.62. The van der Waals surface area contributed by atoms with Gasteiger partial charge in [-0.2, -0.15) is 0 Å². The summed E-state index contributed by atoms with van der Waals surface area (Å²) >= 11 is 0. The molecule has 4 nitrogen and oxygen atoms in total. The number of rotatable bonds is 5. The SMILES string of the molecule is CCOc1ccc([C@@]23CC[C@H](O)C[C@@H]2N(C)CC3)cc1OCC. The van der Waals surface area contributed by atoms with Gasteiger partial charge in [-0.3, -0.25) is 0 Å². The number of aliphatic hydroxyl groups is 1. The molecule has 0 spiro atoms. The van der Waals surface area contributed by atoms with E-state index in [2.05, 4.69) is 30.1 Å². The zero-order chi connectivity index (χ0) is 16.4. The van der Waals surface area contributed by atoms with Crippen molar-refractivity contribution >= 4 is 0 Å². The predicted octanol–water partition coefficient (Wildman–Crippen LogP) is 2.97. The Kier molecular flexibility index (Phi) is 4.83. The highest BCUT2D eigenvalue weighted by Gasteiger charge is 2.50. The lowest BCUT2D eigenvalue weighted by Crippen LogP contribution is -2.47. The molecule has 3 atom stereocenters. The summed E-state index contributed by atoms with van der Waals surface area (Å²) < 4.78 is 11.5. The molecule has 3 rings (SSSR count). The molecule has 1 saturated heterocycles. The second-order valence-corrected chi connectivity index (χ2v) is 6.86. The van der Waals surface area contributed by atoms with Crippen LogP contribution < -0.4 is 9.47 Å². The fourth-order valence-electron chi connectivity index (χ4n) is 4.46. The molecular formula is C19H29NO3. The quantitative estimate of drug-likeness (QED) is 0.906. The largest absolute Gasteiger partial charge is 0.490 e. The summed E-state index contributed by atoms with van der Waals surface area (Å²) in [5.74, 6) is 1.67. The Hall–Kier alpha value is -1.26. The maximum atomic E-state index is 10.1. The monoisotopic (exact) mass is 319 g/mol. The van der Waals surface area contributed by atoms with Crippen LogP contribution in [0.25, 0.3) is 0 Å². The van der Waals surface area contributed by atoms with E-state index < -0.39 is 0 Å². The molecule has 0 bridgehead atoms. The Balaban J connectivity index is 1.97. The lowest BCUT2D eigenvalue weighted by atomic mass is 9.65. The molecule has 0 radical (unpaired) electrons. The molecule has 1 aliphatic heterocycles. The minimum atomic E-state index is -0.164. The average molecular weight is 319 g/mol. The highest BCUT2D eigenvalue weighted by Crippen LogP contribution is 2.49. The van der Waals surface area contributed by atoms with Gasteiger partial charge in [0.1, 0.15) is 0 Å². The molecule has 0 aromatic heterocycles. The zero-order valence-corrected chi connectivity index (χ0v) is 14.5. The summed E-state index contributed by atoms with van der Waals surface area (Å²) in [6, 6.07) is 6.85. The van der Waals surface area contributed by atoms with Gasteiger partial charge in [-0.1, -0.05) is 6.07 Å². The van der Waals surface area contributed by atoms with E-state index in [1.807, 2.05) is 13.8 Å². The van der Waals surface area contributed by atoms with Crippen molar-refractivity contribution in [3.05, 3.63) is 23.8 Å². The number of nitrogens with zero attached hydrogens (tertiary/aromatic N) is 1. The van der Waals surface area contributed by atoms with Gasteiger partial charge in [0.15, 0.2) is 11.5 Å². The first-order chi connectivity index (χ1) is 11.1. The van der Waals surface area contributed by atoms with E-state index in [1.165, 1.54) is 5.56 Å². The van der Waals surface area contributed by atoms with Crippen LogP contribution in [0, 0.1) is 0 Å². The van der Waals surface area contributed by atoms with Gasteiger partial charge in [0.2, 0.25) is 0 Å². The van der Waals surface area contributed by atoms with Crippen LogP contribution in [0.1, 0.15) is 45.1 Å². The Morgan fingerprint density at radius 3 is 2.65 bits per heavy atom. The van der Waals surface area contributed by atoms with Crippen molar-refractivity contribution in [3.8, 4) is 11.5 Å². The van der Waals surface area contributed by atoms with E-state index in [-0.39, 0.29) is 11.5 Å². The van der Waals surface area contributed by atoms with E-state index in [0.717, 1.165) is 43.7 Å². The summed E-state index contributed by atoms with van der Waals surface area (Å²) in [6.45, 7) is 6.37. The van der Waals surface area contributed by atoms with Crippen LogP contribution in [0.3, 0.4) is 0 Å². The van der Waals surface area contributed by atoms with Crippen molar-refractivity contribution in [1.29, 1.82) is 0 Å². The van der Waals surface area contributed by atoms with Crippen molar-refractivity contribution in [3.63, 3.8) is 0 Å². The molecular weight excluding hydrogens is 290 g/mol. The van der Waals surface area contributed by atoms with Gasteiger partial charge in [-0.25, -0.2) is 0 Å². The van der Waals surface area contributed by atoms with Crippen molar-refractivity contribution in [2.24, 2.45) is 0 Å². The molecule has 1 heterocycles. The summed E-state index contributed by atoms with van der Waals surface area (Å²) in [7, 11) is 2.18. The third-order valence-corrected chi connectivity index (χ3v) is 5.62. The molecule has 1 aromatic carbocycles. The highest BCUT2D eigenvalue weighted by atomic mass is 16.5. The summed E-state index contributed by atoms with van der Waals surface area (Å²) in [5.41, 5.74) is 1.48. The van der Waals surface area contributed by atoms with Gasteiger partial charge in [-0.05, 0) is 70.8 Å². The fraction of sp³-hybridized carbons (Fsp3) is 0.684. The van der Waals surface area contributed by atoms with Crippen molar-refractivity contribution in [2.75, 3.05) is 26.8 Å². The molecule has 1 aromatic rings. The van der Waals surface area contributed by atoms with Gasteiger partial charge < -0.3 is 19.5 Å². The van der Waals surface area contributed by atoms with Crippen LogP contribution in [0.15, 0.2) is 18.2 Å². The Morgan fingerprint density at radius 1 is 1.17 bits per heavy atom. The van der Waals surface area contributed by atoms with Crippen LogP contribution in [-0.4, -0.2) is 49.0 Å². The lowest BCUT2D eigenvalue weighted by molar-refractivity contribution is 0.0566. The molecule has 128 valence electrons. The number of likely N-dealkylation sites (tertiary alicyclic amines) is 1. The molecule has 2 aliphatic rings. The third kappa shape index (κ3) is 2.94. The number of hydrogen-bond acceptors (Lipinski definition) is 4. The minimum Gasteiger partial charge on any atom is -0.490 e. The van der Waals surface area contributed by atoms with E-state index >= 15 is 0 Å².